The van der Waals surface area contributed by atoms with Crippen LogP contribution in [0.25, 0.3) is 22.5 Å². The molecule has 0 aliphatic rings. The van der Waals surface area contributed by atoms with Gasteiger partial charge in [0, 0.05) is 23.2 Å². The summed E-state index contributed by atoms with van der Waals surface area (Å²) in [4.78, 5) is 31.8. The predicted octanol–water partition coefficient (Wildman–Crippen LogP) is 4.05. The van der Waals surface area contributed by atoms with Gasteiger partial charge in [0.05, 0.1) is 34.3 Å². The van der Waals surface area contributed by atoms with E-state index in [4.69, 9.17) is 11.6 Å². The molecule has 0 saturated heterocycles. The minimum Gasteiger partial charge on any atom is -0.310 e. The molecule has 0 aliphatic heterocycles. The molecule has 11 nitrogen and oxygen atoms in total. The fourth-order valence-corrected chi connectivity index (χ4v) is 3.76. The number of anilines is 1. The van der Waals surface area contributed by atoms with Crippen LogP contribution < -0.4 is 5.32 Å². The van der Waals surface area contributed by atoms with Gasteiger partial charge in [-0.2, -0.15) is 14.9 Å². The van der Waals surface area contributed by atoms with E-state index in [0.29, 0.717) is 38.9 Å². The van der Waals surface area contributed by atoms with E-state index in [2.05, 4.69) is 25.5 Å². The van der Waals surface area contributed by atoms with Gasteiger partial charge in [-0.1, -0.05) is 23.7 Å². The first kappa shape index (κ1) is 22.2. The van der Waals surface area contributed by atoms with Crippen LogP contribution in [0.2, 0.25) is 5.02 Å². The number of halogens is 1. The lowest BCUT2D eigenvalue weighted by Gasteiger charge is -2.09. The molecule has 1 amide bonds. The molecule has 2 aromatic carbocycles. The number of nitro benzene ring substituents is 1. The molecule has 0 bridgehead atoms. The van der Waals surface area contributed by atoms with Crippen molar-refractivity contribution in [3.63, 3.8) is 0 Å². The van der Waals surface area contributed by atoms with Gasteiger partial charge in [0.1, 0.15) is 12.1 Å². The largest absolute Gasteiger partial charge is 0.310 e. The number of rotatable bonds is 6. The molecule has 1 N–H and O–H groups in total. The van der Waals surface area contributed by atoms with Crippen molar-refractivity contribution in [3.8, 4) is 11.5 Å². The Kier molecular flexibility index (Phi) is 5.67. The van der Waals surface area contributed by atoms with E-state index >= 15 is 0 Å². The third-order valence-corrected chi connectivity index (χ3v) is 5.48. The van der Waals surface area contributed by atoms with Gasteiger partial charge in [0.15, 0.2) is 11.5 Å². The van der Waals surface area contributed by atoms with Crippen LogP contribution in [0.3, 0.4) is 0 Å². The van der Waals surface area contributed by atoms with Crippen LogP contribution in [0, 0.1) is 17.0 Å². The monoisotopic (exact) mass is 488 g/mol. The van der Waals surface area contributed by atoms with Crippen molar-refractivity contribution in [2.45, 2.75) is 13.3 Å². The number of non-ortho nitro benzene ring substituents is 1. The van der Waals surface area contributed by atoms with Gasteiger partial charge in [-0.15, -0.1) is 0 Å². The van der Waals surface area contributed by atoms with Crippen molar-refractivity contribution in [3.05, 3.63) is 93.5 Å². The quantitative estimate of drug-likeness (QED) is 0.281. The molecule has 0 fully saturated rings. The Hall–Kier alpha value is -4.64. The van der Waals surface area contributed by atoms with Crippen molar-refractivity contribution in [2.24, 2.45) is 0 Å². The molecule has 0 spiro atoms. The van der Waals surface area contributed by atoms with Crippen LogP contribution in [0.1, 0.15) is 11.3 Å². The van der Waals surface area contributed by atoms with Crippen LogP contribution in [-0.2, 0) is 11.2 Å². The van der Waals surface area contributed by atoms with Crippen molar-refractivity contribution in [1.29, 1.82) is 0 Å². The number of fused-ring (bicyclic) bond motifs is 1. The second-order valence-corrected chi connectivity index (χ2v) is 8.14. The Labute approximate surface area is 203 Å². The van der Waals surface area contributed by atoms with E-state index in [0.717, 1.165) is 5.69 Å². The Morgan fingerprint density at radius 2 is 1.83 bits per heavy atom. The van der Waals surface area contributed by atoms with Crippen LogP contribution in [0.4, 0.5) is 11.5 Å². The maximum Gasteiger partial charge on any atom is 0.269 e. The second kappa shape index (κ2) is 8.95. The van der Waals surface area contributed by atoms with Gasteiger partial charge < -0.3 is 5.32 Å². The van der Waals surface area contributed by atoms with E-state index < -0.39 is 4.92 Å². The third-order valence-electron chi connectivity index (χ3n) is 5.23. The number of aryl methyl sites for hydroxylation is 1. The molecule has 5 rings (SSSR count). The van der Waals surface area contributed by atoms with Crippen molar-refractivity contribution in [1.82, 2.24) is 29.5 Å². The zero-order chi connectivity index (χ0) is 24.5. The van der Waals surface area contributed by atoms with E-state index in [-0.39, 0.29) is 18.0 Å². The highest BCUT2D eigenvalue weighted by molar-refractivity contribution is 6.30. The van der Waals surface area contributed by atoms with E-state index in [1.165, 1.54) is 23.1 Å². The zero-order valence-electron chi connectivity index (χ0n) is 18.3. The van der Waals surface area contributed by atoms with E-state index in [1.54, 1.807) is 48.1 Å². The lowest BCUT2D eigenvalue weighted by Crippen LogP contribution is -2.17. The smallest absolute Gasteiger partial charge is 0.269 e. The first-order chi connectivity index (χ1) is 16.9. The summed E-state index contributed by atoms with van der Waals surface area (Å²) in [5.41, 5.74) is 2.63. The van der Waals surface area contributed by atoms with Gasteiger partial charge >= 0.3 is 0 Å². The summed E-state index contributed by atoms with van der Waals surface area (Å²) in [6.07, 6.45) is 3.08. The van der Waals surface area contributed by atoms with Crippen LogP contribution in [0.5, 0.6) is 0 Å². The number of carbonyl (C=O) groups excluding carboxylic acids is 1. The minimum atomic E-state index is -0.483. The van der Waals surface area contributed by atoms with Crippen LogP contribution in [-0.4, -0.2) is 40.4 Å². The minimum absolute atomic E-state index is 0.0326. The number of carbonyl (C=O) groups is 1. The highest BCUT2D eigenvalue weighted by Crippen LogP contribution is 2.25. The molecule has 0 atom stereocenters. The highest BCUT2D eigenvalue weighted by atomic mass is 35.5. The number of nitrogens with zero attached hydrogens (tertiary/aromatic N) is 7. The molecular formula is C23H17ClN8O3. The summed E-state index contributed by atoms with van der Waals surface area (Å²) in [5, 5.41) is 23.9. The number of benzene rings is 2. The van der Waals surface area contributed by atoms with Crippen molar-refractivity contribution >= 4 is 40.0 Å². The average molecular weight is 489 g/mol. The Balaban J connectivity index is 1.44. The maximum atomic E-state index is 12.7. The predicted molar refractivity (Wildman–Crippen MR) is 129 cm³/mol. The van der Waals surface area contributed by atoms with E-state index in [9.17, 15) is 14.9 Å². The molecule has 5 aromatic rings. The van der Waals surface area contributed by atoms with Gasteiger partial charge in [-0.25, -0.2) is 14.6 Å². The Bertz CT molecular complexity index is 1560. The standard InChI is InChI=1S/C23H17ClN8O3/c1-14-10-20(28-21(33)11-15-2-6-18(7-3-15)32(34)35)31(29-14)23-19-12-27-30(22(19)25-13-26-23)17-8-4-16(24)5-9-17/h2-10,12-13H,11H2,1H3,(H,28,33). The number of aromatic nitrogens is 6. The fraction of sp³-hybridized carbons (Fsp3) is 0.0870. The van der Waals surface area contributed by atoms with Gasteiger partial charge in [0.2, 0.25) is 5.91 Å². The molecular weight excluding hydrogens is 472 g/mol. The Morgan fingerprint density at radius 1 is 1.09 bits per heavy atom. The van der Waals surface area contributed by atoms with E-state index in [1.807, 2.05) is 12.1 Å². The third kappa shape index (κ3) is 4.44. The van der Waals surface area contributed by atoms with Crippen LogP contribution in [0.15, 0.2) is 67.1 Å². The molecule has 174 valence electrons. The normalized spacial score (nSPS) is 11.0. The molecule has 0 saturated carbocycles. The molecule has 35 heavy (non-hydrogen) atoms. The zero-order valence-corrected chi connectivity index (χ0v) is 19.0. The van der Waals surface area contributed by atoms with Gasteiger partial charge in [0.25, 0.3) is 5.69 Å². The first-order valence-corrected chi connectivity index (χ1v) is 10.8. The highest BCUT2D eigenvalue weighted by Gasteiger charge is 2.18. The molecule has 0 aliphatic carbocycles. The Morgan fingerprint density at radius 3 is 2.54 bits per heavy atom. The van der Waals surface area contributed by atoms with Crippen LogP contribution >= 0.6 is 11.6 Å². The van der Waals surface area contributed by atoms with Crippen molar-refractivity contribution in [2.75, 3.05) is 5.32 Å². The average Bonchev–Trinajstić information content (AvgIpc) is 3.43. The molecule has 0 unspecified atom stereocenters. The molecule has 12 heteroatoms. The number of amides is 1. The summed E-state index contributed by atoms with van der Waals surface area (Å²) in [5.74, 6) is 0.574. The topological polar surface area (TPSA) is 134 Å². The molecule has 0 radical (unpaired) electrons. The first-order valence-electron chi connectivity index (χ1n) is 10.4. The molecule has 3 heterocycles. The summed E-state index contributed by atoms with van der Waals surface area (Å²) >= 11 is 6.00. The number of nitrogens with one attached hydrogen (secondary N) is 1. The number of hydrogen-bond acceptors (Lipinski definition) is 7. The summed E-state index contributed by atoms with van der Waals surface area (Å²) in [6.45, 7) is 1.80. The summed E-state index contributed by atoms with van der Waals surface area (Å²) in [6, 6.07) is 14.8. The SMILES string of the molecule is Cc1cc(NC(=O)Cc2ccc([N+](=O)[O-])cc2)n(-c2ncnc3c2cnn3-c2ccc(Cl)cc2)n1. The van der Waals surface area contributed by atoms with Crippen molar-refractivity contribution < 1.29 is 9.72 Å². The van der Waals surface area contributed by atoms with Gasteiger partial charge in [-0.3, -0.25) is 14.9 Å². The number of nitro groups is 1. The summed E-state index contributed by atoms with van der Waals surface area (Å²) < 4.78 is 3.20. The molecule has 3 aromatic heterocycles. The maximum absolute atomic E-state index is 12.7. The van der Waals surface area contributed by atoms with Gasteiger partial charge in [-0.05, 0) is 36.8 Å². The second-order valence-electron chi connectivity index (χ2n) is 7.70. The summed E-state index contributed by atoms with van der Waals surface area (Å²) in [7, 11) is 0. The lowest BCUT2D eigenvalue weighted by molar-refractivity contribution is -0.384. The fourth-order valence-electron chi connectivity index (χ4n) is 3.63. The lowest BCUT2D eigenvalue weighted by atomic mass is 10.1. The number of hydrogen-bond donors (Lipinski definition) is 1.